The Morgan fingerprint density at radius 1 is 1.16 bits per heavy atom. The van der Waals surface area contributed by atoms with Gasteiger partial charge in [-0.1, -0.05) is 0 Å². The number of benzene rings is 1. The summed E-state index contributed by atoms with van der Waals surface area (Å²) in [6, 6.07) is 5.06. The van der Waals surface area contributed by atoms with Crippen molar-refractivity contribution in [3.63, 3.8) is 0 Å². The molecular weight excluding hydrogens is 244 g/mol. The molecule has 1 aromatic carbocycles. The largest absolute Gasteiger partial charge is 0.497 e. The van der Waals surface area contributed by atoms with Gasteiger partial charge in [0.15, 0.2) is 0 Å². The SMILES string of the molecule is COc1ccc2c(c1)C(=O)N(C1CCNCC1)C2=O. The smallest absolute Gasteiger partial charge is 0.261 e. The van der Waals surface area contributed by atoms with E-state index < -0.39 is 0 Å². The van der Waals surface area contributed by atoms with Crippen molar-refractivity contribution in [3.05, 3.63) is 29.3 Å². The van der Waals surface area contributed by atoms with Gasteiger partial charge >= 0.3 is 0 Å². The molecule has 5 nitrogen and oxygen atoms in total. The summed E-state index contributed by atoms with van der Waals surface area (Å²) in [4.78, 5) is 26.2. The predicted octanol–water partition coefficient (Wildman–Crippen LogP) is 1.04. The first-order valence-electron chi connectivity index (χ1n) is 6.49. The standard InChI is InChI=1S/C14H16N2O3/c1-19-10-2-3-11-12(8-10)14(18)16(13(11)17)9-4-6-15-7-5-9/h2-3,8-9,15H,4-7H2,1H3. The van der Waals surface area contributed by atoms with Gasteiger partial charge in [-0.15, -0.1) is 0 Å². The monoisotopic (exact) mass is 260 g/mol. The number of carbonyl (C=O) groups excluding carboxylic acids is 2. The maximum atomic E-state index is 12.4. The number of carbonyl (C=O) groups is 2. The van der Waals surface area contributed by atoms with Gasteiger partial charge in [-0.2, -0.15) is 0 Å². The number of piperidine rings is 1. The van der Waals surface area contributed by atoms with Crippen LogP contribution in [-0.2, 0) is 0 Å². The van der Waals surface area contributed by atoms with E-state index in [9.17, 15) is 9.59 Å². The molecule has 0 aromatic heterocycles. The molecule has 3 rings (SSSR count). The molecule has 19 heavy (non-hydrogen) atoms. The molecule has 0 spiro atoms. The number of nitrogens with zero attached hydrogens (tertiary/aromatic N) is 1. The highest BCUT2D eigenvalue weighted by Crippen LogP contribution is 2.30. The maximum Gasteiger partial charge on any atom is 0.261 e. The van der Waals surface area contributed by atoms with E-state index >= 15 is 0 Å². The lowest BCUT2D eigenvalue weighted by molar-refractivity contribution is 0.0556. The summed E-state index contributed by atoms with van der Waals surface area (Å²) in [6.07, 6.45) is 1.64. The van der Waals surface area contributed by atoms with Crippen molar-refractivity contribution in [3.8, 4) is 5.75 Å². The third-order valence-electron chi connectivity index (χ3n) is 3.80. The lowest BCUT2D eigenvalue weighted by Gasteiger charge is -2.29. The Labute approximate surface area is 111 Å². The molecule has 0 atom stereocenters. The van der Waals surface area contributed by atoms with E-state index in [0.29, 0.717) is 16.9 Å². The summed E-state index contributed by atoms with van der Waals surface area (Å²) >= 11 is 0. The predicted molar refractivity (Wildman–Crippen MR) is 69.4 cm³/mol. The second-order valence-corrected chi connectivity index (χ2v) is 4.87. The van der Waals surface area contributed by atoms with Crippen LogP contribution in [0.15, 0.2) is 18.2 Å². The zero-order valence-corrected chi connectivity index (χ0v) is 10.8. The highest BCUT2D eigenvalue weighted by atomic mass is 16.5. The maximum absolute atomic E-state index is 12.4. The van der Waals surface area contributed by atoms with Gasteiger partial charge in [0.2, 0.25) is 0 Å². The third-order valence-corrected chi connectivity index (χ3v) is 3.80. The molecule has 1 aromatic rings. The number of hydrogen-bond donors (Lipinski definition) is 1. The number of fused-ring (bicyclic) bond motifs is 1. The Balaban J connectivity index is 1.94. The number of ether oxygens (including phenoxy) is 1. The van der Waals surface area contributed by atoms with Crippen LogP contribution in [0.3, 0.4) is 0 Å². The molecule has 100 valence electrons. The first-order chi connectivity index (χ1) is 9.22. The van der Waals surface area contributed by atoms with E-state index in [1.165, 1.54) is 4.90 Å². The minimum absolute atomic E-state index is 0.0136. The van der Waals surface area contributed by atoms with Crippen LogP contribution in [0.1, 0.15) is 33.6 Å². The number of hydrogen-bond acceptors (Lipinski definition) is 4. The first-order valence-corrected chi connectivity index (χ1v) is 6.49. The van der Waals surface area contributed by atoms with Crippen molar-refractivity contribution >= 4 is 11.8 Å². The molecule has 0 bridgehead atoms. The molecule has 1 saturated heterocycles. The molecule has 0 saturated carbocycles. The fourth-order valence-corrected chi connectivity index (χ4v) is 2.76. The number of rotatable bonds is 2. The molecule has 1 fully saturated rings. The van der Waals surface area contributed by atoms with Gasteiger partial charge in [-0.25, -0.2) is 0 Å². The van der Waals surface area contributed by atoms with Gasteiger partial charge in [0.1, 0.15) is 5.75 Å². The van der Waals surface area contributed by atoms with Gasteiger partial charge in [0, 0.05) is 6.04 Å². The zero-order chi connectivity index (χ0) is 13.4. The molecule has 5 heteroatoms. The Morgan fingerprint density at radius 3 is 2.53 bits per heavy atom. The quantitative estimate of drug-likeness (QED) is 0.807. The summed E-state index contributed by atoms with van der Waals surface area (Å²) in [5, 5.41) is 3.24. The summed E-state index contributed by atoms with van der Waals surface area (Å²) in [5.74, 6) is 0.243. The van der Waals surface area contributed by atoms with Crippen LogP contribution in [0.4, 0.5) is 0 Å². The van der Waals surface area contributed by atoms with Gasteiger partial charge in [-0.05, 0) is 44.1 Å². The normalized spacial score (nSPS) is 19.7. The van der Waals surface area contributed by atoms with Crippen molar-refractivity contribution in [2.24, 2.45) is 0 Å². The lowest BCUT2D eigenvalue weighted by atomic mass is 10.1. The van der Waals surface area contributed by atoms with Crippen LogP contribution in [0.2, 0.25) is 0 Å². The first kappa shape index (κ1) is 12.2. The topological polar surface area (TPSA) is 58.6 Å². The highest BCUT2D eigenvalue weighted by molar-refractivity contribution is 6.21. The van der Waals surface area contributed by atoms with Crippen LogP contribution in [0.5, 0.6) is 5.75 Å². The van der Waals surface area contributed by atoms with Crippen molar-refractivity contribution in [1.29, 1.82) is 0 Å². The average Bonchev–Trinajstić information content (AvgIpc) is 2.71. The van der Waals surface area contributed by atoms with Crippen LogP contribution in [-0.4, -0.2) is 43.0 Å². The molecule has 0 aliphatic carbocycles. The fourth-order valence-electron chi connectivity index (χ4n) is 2.76. The minimum Gasteiger partial charge on any atom is -0.497 e. The second-order valence-electron chi connectivity index (χ2n) is 4.87. The molecule has 2 aliphatic rings. The minimum atomic E-state index is -0.189. The number of methoxy groups -OCH3 is 1. The van der Waals surface area contributed by atoms with Gasteiger partial charge in [-0.3, -0.25) is 14.5 Å². The molecular formula is C14H16N2O3. The summed E-state index contributed by atoms with van der Waals surface area (Å²) in [5.41, 5.74) is 0.951. The van der Waals surface area contributed by atoms with Crippen molar-refractivity contribution < 1.29 is 14.3 Å². The highest BCUT2D eigenvalue weighted by Gasteiger charge is 2.40. The lowest BCUT2D eigenvalue weighted by Crippen LogP contribution is -2.45. The number of nitrogens with one attached hydrogen (secondary N) is 1. The summed E-state index contributed by atoms with van der Waals surface area (Å²) in [7, 11) is 1.55. The number of amides is 2. The molecule has 2 amide bonds. The van der Waals surface area contributed by atoms with Crippen molar-refractivity contribution in [2.75, 3.05) is 20.2 Å². The molecule has 2 heterocycles. The summed E-state index contributed by atoms with van der Waals surface area (Å²) < 4.78 is 5.11. The van der Waals surface area contributed by atoms with E-state index in [1.807, 2.05) is 0 Å². The van der Waals surface area contributed by atoms with Crippen LogP contribution in [0, 0.1) is 0 Å². The van der Waals surface area contributed by atoms with E-state index in [-0.39, 0.29) is 17.9 Å². The molecule has 1 N–H and O–H groups in total. The van der Waals surface area contributed by atoms with Gasteiger partial charge < -0.3 is 10.1 Å². The fraction of sp³-hybridized carbons (Fsp3) is 0.429. The Kier molecular flexibility index (Phi) is 2.98. The van der Waals surface area contributed by atoms with Gasteiger partial charge in [0.05, 0.1) is 18.2 Å². The van der Waals surface area contributed by atoms with E-state index in [4.69, 9.17) is 4.74 Å². The molecule has 2 aliphatic heterocycles. The van der Waals surface area contributed by atoms with Crippen molar-refractivity contribution in [1.82, 2.24) is 10.2 Å². The van der Waals surface area contributed by atoms with Crippen LogP contribution >= 0.6 is 0 Å². The Bertz CT molecular complexity index is 535. The van der Waals surface area contributed by atoms with Crippen LogP contribution in [0.25, 0.3) is 0 Å². The second kappa shape index (κ2) is 4.66. The summed E-state index contributed by atoms with van der Waals surface area (Å²) in [6.45, 7) is 1.70. The molecule has 0 unspecified atom stereocenters. The zero-order valence-electron chi connectivity index (χ0n) is 10.8. The van der Waals surface area contributed by atoms with Crippen molar-refractivity contribution in [2.45, 2.75) is 18.9 Å². The average molecular weight is 260 g/mol. The molecule has 0 radical (unpaired) electrons. The Morgan fingerprint density at radius 2 is 1.84 bits per heavy atom. The van der Waals surface area contributed by atoms with E-state index in [2.05, 4.69) is 5.32 Å². The van der Waals surface area contributed by atoms with Gasteiger partial charge in [0.25, 0.3) is 11.8 Å². The van der Waals surface area contributed by atoms with E-state index in [1.54, 1.807) is 25.3 Å². The van der Waals surface area contributed by atoms with E-state index in [0.717, 1.165) is 25.9 Å². The van der Waals surface area contributed by atoms with Crippen LogP contribution < -0.4 is 10.1 Å². The third kappa shape index (κ3) is 1.90. The Hall–Kier alpha value is -1.88. The number of imide groups is 1.